The number of rotatable bonds is 4. The van der Waals surface area contributed by atoms with E-state index in [0.29, 0.717) is 11.1 Å². The van der Waals surface area contributed by atoms with Gasteiger partial charge in [-0.1, -0.05) is 24.3 Å². The highest BCUT2D eigenvalue weighted by Crippen LogP contribution is 2.49. The molecule has 0 spiro atoms. The van der Waals surface area contributed by atoms with Gasteiger partial charge in [-0.05, 0) is 11.1 Å². The lowest BCUT2D eigenvalue weighted by Gasteiger charge is -2.33. The lowest BCUT2D eigenvalue weighted by Crippen LogP contribution is -2.51. The van der Waals surface area contributed by atoms with Crippen LogP contribution in [0.5, 0.6) is 0 Å². The molecule has 0 radical (unpaired) electrons. The molecule has 3 rings (SSSR count). The first kappa shape index (κ1) is 18.6. The SMILES string of the molecule is COC(=O)c1cncn1C1c2ccccc2CC1(S(C)(=O)=O)S(C)(=O)=O. The highest BCUT2D eigenvalue weighted by atomic mass is 32.3. The summed E-state index contributed by atoms with van der Waals surface area (Å²) in [6.07, 6.45) is 4.08. The van der Waals surface area contributed by atoms with Crippen LogP contribution in [-0.4, -0.2) is 56.1 Å². The highest BCUT2D eigenvalue weighted by molar-refractivity contribution is 8.09. The average molecular weight is 398 g/mol. The van der Waals surface area contributed by atoms with Gasteiger partial charge in [-0.25, -0.2) is 26.6 Å². The van der Waals surface area contributed by atoms with E-state index in [1.165, 1.54) is 24.2 Å². The van der Waals surface area contributed by atoms with Gasteiger partial charge in [0.15, 0.2) is 19.7 Å². The molecule has 0 saturated carbocycles. The zero-order valence-electron chi connectivity index (χ0n) is 14.4. The van der Waals surface area contributed by atoms with E-state index in [2.05, 4.69) is 4.98 Å². The molecule has 1 unspecified atom stereocenters. The molecule has 8 nitrogen and oxygen atoms in total. The Hall–Kier alpha value is -2.20. The molecule has 1 aromatic carbocycles. The van der Waals surface area contributed by atoms with Crippen LogP contribution < -0.4 is 0 Å². The Morgan fingerprint density at radius 2 is 1.81 bits per heavy atom. The molecule has 0 amide bonds. The molecule has 1 heterocycles. The van der Waals surface area contributed by atoms with Crippen LogP contribution in [0.25, 0.3) is 0 Å². The van der Waals surface area contributed by atoms with Gasteiger partial charge in [0.05, 0.1) is 25.7 Å². The van der Waals surface area contributed by atoms with Gasteiger partial charge in [-0.2, -0.15) is 0 Å². The third kappa shape index (κ3) is 2.47. The van der Waals surface area contributed by atoms with Gasteiger partial charge < -0.3 is 9.30 Å². The Kier molecular flexibility index (Phi) is 4.23. The minimum Gasteiger partial charge on any atom is -0.464 e. The maximum Gasteiger partial charge on any atom is 0.356 e. The Bertz CT molecular complexity index is 1050. The molecular weight excluding hydrogens is 380 g/mol. The van der Waals surface area contributed by atoms with Gasteiger partial charge in [-0.15, -0.1) is 0 Å². The van der Waals surface area contributed by atoms with Crippen LogP contribution in [-0.2, 0) is 30.8 Å². The maximum atomic E-state index is 12.8. The molecule has 1 aliphatic rings. The van der Waals surface area contributed by atoms with Gasteiger partial charge >= 0.3 is 5.97 Å². The van der Waals surface area contributed by atoms with Crippen LogP contribution in [0.4, 0.5) is 0 Å². The minimum atomic E-state index is -4.10. The van der Waals surface area contributed by atoms with E-state index < -0.39 is 35.8 Å². The molecule has 1 atom stereocenters. The largest absolute Gasteiger partial charge is 0.464 e. The lowest BCUT2D eigenvalue weighted by molar-refractivity contribution is 0.0586. The molecule has 2 aromatic rings. The Balaban J connectivity index is 2.42. The summed E-state index contributed by atoms with van der Waals surface area (Å²) < 4.78 is 55.0. The number of sulfone groups is 2. The number of ether oxygens (including phenoxy) is 1. The topological polar surface area (TPSA) is 112 Å². The summed E-state index contributed by atoms with van der Waals surface area (Å²) in [4.78, 5) is 16.0. The number of hydrogen-bond acceptors (Lipinski definition) is 7. The highest BCUT2D eigenvalue weighted by Gasteiger charge is 2.62. The van der Waals surface area contributed by atoms with Gasteiger partial charge in [0.2, 0.25) is 4.08 Å². The summed E-state index contributed by atoms with van der Waals surface area (Å²) in [6, 6.07) is 5.61. The molecule has 26 heavy (non-hydrogen) atoms. The molecule has 140 valence electrons. The molecular formula is C16H18N2O6S2. The minimum absolute atomic E-state index is 0.0223. The summed E-state index contributed by atoms with van der Waals surface area (Å²) in [5.41, 5.74) is 1.09. The second kappa shape index (κ2) is 5.92. The Labute approximate surface area is 151 Å². The first-order chi connectivity index (χ1) is 12.0. The van der Waals surface area contributed by atoms with E-state index in [9.17, 15) is 21.6 Å². The first-order valence-corrected chi connectivity index (χ1v) is 11.4. The van der Waals surface area contributed by atoms with Crippen molar-refractivity contribution in [2.24, 2.45) is 0 Å². The second-order valence-electron chi connectivity index (χ2n) is 6.31. The van der Waals surface area contributed by atoms with Crippen molar-refractivity contribution in [3.8, 4) is 0 Å². The maximum absolute atomic E-state index is 12.8. The van der Waals surface area contributed by atoms with Crippen molar-refractivity contribution in [3.63, 3.8) is 0 Å². The van der Waals surface area contributed by atoms with Crippen LogP contribution in [0.3, 0.4) is 0 Å². The van der Waals surface area contributed by atoms with E-state index in [1.54, 1.807) is 24.3 Å². The van der Waals surface area contributed by atoms with Crippen molar-refractivity contribution >= 4 is 25.6 Å². The third-order valence-electron chi connectivity index (χ3n) is 4.80. The van der Waals surface area contributed by atoms with E-state index in [0.717, 1.165) is 12.5 Å². The normalized spacial score (nSPS) is 19.1. The van der Waals surface area contributed by atoms with Crippen LogP contribution in [0.15, 0.2) is 36.8 Å². The number of imidazole rings is 1. The van der Waals surface area contributed by atoms with Crippen molar-refractivity contribution in [2.75, 3.05) is 19.6 Å². The molecule has 0 aliphatic heterocycles. The van der Waals surface area contributed by atoms with E-state index in [4.69, 9.17) is 4.74 Å². The lowest BCUT2D eigenvalue weighted by atomic mass is 10.1. The molecule has 1 aliphatic carbocycles. The predicted octanol–water partition coefficient (Wildman–Crippen LogP) is 0.601. The summed E-state index contributed by atoms with van der Waals surface area (Å²) in [5.74, 6) is -0.734. The smallest absolute Gasteiger partial charge is 0.356 e. The van der Waals surface area contributed by atoms with Gasteiger partial charge in [0.1, 0.15) is 5.69 Å². The number of nitrogens with zero attached hydrogens (tertiary/aromatic N) is 2. The average Bonchev–Trinajstić information content (AvgIpc) is 3.14. The van der Waals surface area contributed by atoms with Crippen molar-refractivity contribution in [2.45, 2.75) is 16.5 Å². The zero-order valence-corrected chi connectivity index (χ0v) is 16.0. The van der Waals surface area contributed by atoms with E-state index in [-0.39, 0.29) is 12.1 Å². The Morgan fingerprint density at radius 3 is 2.38 bits per heavy atom. The summed E-state index contributed by atoms with van der Waals surface area (Å²) in [5, 5.41) is 0. The van der Waals surface area contributed by atoms with E-state index in [1.807, 2.05) is 0 Å². The zero-order chi connectivity index (χ0) is 19.3. The van der Waals surface area contributed by atoms with Crippen LogP contribution in [0.1, 0.15) is 27.7 Å². The number of carbonyl (C=O) groups excluding carboxylic acids is 1. The molecule has 10 heteroatoms. The summed E-state index contributed by atoms with van der Waals surface area (Å²) in [6.45, 7) is 0. The second-order valence-corrected chi connectivity index (χ2v) is 11.1. The number of benzene rings is 1. The van der Waals surface area contributed by atoms with Crippen LogP contribution >= 0.6 is 0 Å². The number of methoxy groups -OCH3 is 1. The van der Waals surface area contributed by atoms with Crippen molar-refractivity contribution in [1.82, 2.24) is 9.55 Å². The van der Waals surface area contributed by atoms with E-state index >= 15 is 0 Å². The summed E-state index contributed by atoms with van der Waals surface area (Å²) in [7, 11) is -7.02. The molecule has 0 bridgehead atoms. The third-order valence-corrected chi connectivity index (χ3v) is 9.86. The standard InChI is InChI=1S/C16H18N2O6S2/c1-24-15(19)13-9-17-10-18(13)14-12-7-5-4-6-11(12)8-16(14,25(2,20)21)26(3,22)23/h4-7,9-10,14H,8H2,1-3H3. The number of carbonyl (C=O) groups is 1. The van der Waals surface area contributed by atoms with Gasteiger partial charge in [0, 0.05) is 18.9 Å². The number of aromatic nitrogens is 2. The van der Waals surface area contributed by atoms with Crippen LogP contribution in [0, 0.1) is 0 Å². The van der Waals surface area contributed by atoms with Gasteiger partial charge in [-0.3, -0.25) is 0 Å². The molecule has 0 saturated heterocycles. The van der Waals surface area contributed by atoms with Crippen LogP contribution in [0.2, 0.25) is 0 Å². The predicted molar refractivity (Wildman–Crippen MR) is 94.3 cm³/mol. The number of esters is 1. The fourth-order valence-electron chi connectivity index (χ4n) is 3.64. The molecule has 1 aromatic heterocycles. The molecule has 0 fully saturated rings. The van der Waals surface area contributed by atoms with Crippen molar-refractivity contribution in [3.05, 3.63) is 53.6 Å². The monoisotopic (exact) mass is 398 g/mol. The first-order valence-electron chi connectivity index (χ1n) is 7.61. The molecule has 0 N–H and O–H groups in total. The fraction of sp³-hybridized carbons (Fsp3) is 0.375. The fourth-order valence-corrected chi connectivity index (χ4v) is 7.97. The Morgan fingerprint density at radius 1 is 1.19 bits per heavy atom. The number of fused-ring (bicyclic) bond motifs is 1. The van der Waals surface area contributed by atoms with Gasteiger partial charge in [0.25, 0.3) is 0 Å². The quantitative estimate of drug-likeness (QED) is 0.693. The van der Waals surface area contributed by atoms with Crippen molar-refractivity contribution in [1.29, 1.82) is 0 Å². The number of hydrogen-bond donors (Lipinski definition) is 0. The summed E-state index contributed by atoms with van der Waals surface area (Å²) >= 11 is 0. The van der Waals surface area contributed by atoms with Crippen molar-refractivity contribution < 1.29 is 26.4 Å².